The molecule has 5 N–H and O–H groups in total. The van der Waals surface area contributed by atoms with Gasteiger partial charge in [-0.2, -0.15) is 0 Å². The van der Waals surface area contributed by atoms with E-state index < -0.39 is 41.2 Å². The van der Waals surface area contributed by atoms with E-state index in [4.69, 9.17) is 6.42 Å². The highest BCUT2D eigenvalue weighted by Crippen LogP contribution is 2.55. The second-order valence-corrected chi connectivity index (χ2v) is 22.8. The van der Waals surface area contributed by atoms with Crippen LogP contribution in [0.1, 0.15) is 109 Å². The van der Waals surface area contributed by atoms with Gasteiger partial charge >= 0.3 is 0 Å². The lowest BCUT2D eigenvalue weighted by Gasteiger charge is -2.56. The normalized spacial score (nSPS) is 26.5. The average Bonchev–Trinajstić information content (AvgIpc) is 3.78. The molecule has 2 saturated carbocycles. The largest absolute Gasteiger partial charge is 0.507 e. The van der Waals surface area contributed by atoms with Gasteiger partial charge in [0.25, 0.3) is 0 Å². The molecule has 3 aromatic rings. The molecule has 6 fully saturated rings. The van der Waals surface area contributed by atoms with Crippen LogP contribution < -0.4 is 20.9 Å². The molecule has 0 unspecified atom stereocenters. The van der Waals surface area contributed by atoms with E-state index in [2.05, 4.69) is 64.7 Å². The molecule has 2 aliphatic carbocycles. The number of piperidine rings is 2. The summed E-state index contributed by atoms with van der Waals surface area (Å²) in [6, 6.07) is 13.8. The number of nitrogens with zero attached hydrogens (tertiary/aromatic N) is 7. The van der Waals surface area contributed by atoms with Crippen LogP contribution in [0.2, 0.25) is 0 Å². The number of hydrogen-bond acceptors (Lipinski definition) is 12. The first-order valence-corrected chi connectivity index (χ1v) is 26.8. The number of anilines is 2. The van der Waals surface area contributed by atoms with Gasteiger partial charge in [0.15, 0.2) is 5.82 Å². The van der Waals surface area contributed by atoms with Crippen LogP contribution in [0.4, 0.5) is 15.9 Å². The van der Waals surface area contributed by atoms with Crippen molar-refractivity contribution in [1.29, 1.82) is 0 Å². The summed E-state index contributed by atoms with van der Waals surface area (Å²) in [5.74, 6) is 1.68. The second-order valence-electron chi connectivity index (χ2n) is 22.8. The lowest BCUT2D eigenvalue weighted by atomic mass is 9.56. The Morgan fingerprint density at radius 2 is 1.49 bits per heavy atom. The van der Waals surface area contributed by atoms with Crippen molar-refractivity contribution in [3.63, 3.8) is 0 Å². The molecule has 3 atom stereocenters. The van der Waals surface area contributed by atoms with Gasteiger partial charge in [-0.15, -0.1) is 16.6 Å². The van der Waals surface area contributed by atoms with E-state index in [0.29, 0.717) is 40.4 Å². The van der Waals surface area contributed by atoms with Crippen molar-refractivity contribution in [1.82, 2.24) is 40.4 Å². The summed E-state index contributed by atoms with van der Waals surface area (Å²) in [7, 11) is 0. The summed E-state index contributed by atoms with van der Waals surface area (Å²) in [5.41, 5.74) is 2.71. The topological polar surface area (TPSA) is 170 Å². The van der Waals surface area contributed by atoms with Gasteiger partial charge in [0.05, 0.1) is 17.5 Å². The van der Waals surface area contributed by atoms with Gasteiger partial charge in [-0.25, -0.2) is 4.39 Å². The predicted molar refractivity (Wildman–Crippen MR) is 277 cm³/mol. The zero-order valence-corrected chi connectivity index (χ0v) is 42.9. The predicted octanol–water partition coefficient (Wildman–Crippen LogP) is 5.60. The Labute approximate surface area is 425 Å². The first kappa shape index (κ1) is 51.6. The summed E-state index contributed by atoms with van der Waals surface area (Å²) in [4.78, 5) is 53.6. The van der Waals surface area contributed by atoms with Gasteiger partial charge in [-0.1, -0.05) is 44.9 Å². The summed E-state index contributed by atoms with van der Waals surface area (Å²) in [6.07, 6.45) is 15.4. The number of amides is 3. The molecule has 0 radical (unpaired) electrons. The molecular formula is C56H77FN10O5. The average molecular weight is 989 g/mol. The first-order chi connectivity index (χ1) is 34.6. The van der Waals surface area contributed by atoms with Crippen molar-refractivity contribution in [2.75, 3.05) is 75.7 Å². The number of phenols is 1. The van der Waals surface area contributed by atoms with Gasteiger partial charge in [0.1, 0.15) is 23.7 Å². The van der Waals surface area contributed by atoms with Crippen molar-refractivity contribution in [2.24, 2.45) is 16.7 Å². The van der Waals surface area contributed by atoms with Crippen LogP contribution in [-0.4, -0.2) is 159 Å². The quantitative estimate of drug-likeness (QED) is 0.135. The van der Waals surface area contributed by atoms with Gasteiger partial charge < -0.3 is 45.8 Å². The van der Waals surface area contributed by atoms with Crippen LogP contribution >= 0.6 is 0 Å². The van der Waals surface area contributed by atoms with E-state index in [1.54, 1.807) is 12.1 Å². The van der Waals surface area contributed by atoms with Crippen molar-refractivity contribution < 1.29 is 29.0 Å². The molecule has 1 aromatic heterocycles. The lowest BCUT2D eigenvalue weighted by molar-refractivity contribution is -0.145. The minimum Gasteiger partial charge on any atom is -0.507 e. The number of aromatic nitrogens is 2. The SMILES string of the molecule is C#Cc1ccc(CNC(=O)[C@@H]2C[C@@H](O)CN2C(=O)[C@@H](NC(=O)[C@H]2CCC3(CC2)C[C@H](N2CCC(N4CCC(N5CCN(c6cc(-c7ccccc7O)nnc6NCC)CC5)CC4)CC2)C3)C(C)(C)C)c(F)c1. The Morgan fingerprint density at radius 1 is 0.847 bits per heavy atom. The Balaban J connectivity index is 0.690. The fourth-order valence-corrected chi connectivity index (χ4v) is 12.9. The van der Waals surface area contributed by atoms with E-state index in [-0.39, 0.29) is 42.6 Å². The summed E-state index contributed by atoms with van der Waals surface area (Å²) in [6.45, 7) is 16.9. The van der Waals surface area contributed by atoms with Gasteiger partial charge in [-0.05, 0) is 138 Å². The maximum absolute atomic E-state index is 14.6. The Hall–Kier alpha value is -5.34. The number of β-amino-alcohol motifs (C(OH)–C–C–N with tert-alkyl or cyclic N) is 1. The van der Waals surface area contributed by atoms with Crippen molar-refractivity contribution in [3.05, 3.63) is 65.5 Å². The number of rotatable bonds is 13. The molecule has 4 aliphatic heterocycles. The number of benzene rings is 2. The number of nitrogens with one attached hydrogen (secondary N) is 3. The van der Waals surface area contributed by atoms with E-state index in [1.807, 2.05) is 39.0 Å². The van der Waals surface area contributed by atoms with Crippen LogP contribution in [0.3, 0.4) is 0 Å². The van der Waals surface area contributed by atoms with Crippen LogP contribution in [0.15, 0.2) is 48.5 Å². The van der Waals surface area contributed by atoms with Crippen LogP contribution in [-0.2, 0) is 20.9 Å². The number of carbonyl (C=O) groups is 3. The standard InChI is InChI=1S/C56H77FN10O5/c1-6-37-12-13-39(45(57)30-37)35-59-53(71)48-31-43(68)36-67(48)54(72)50(55(3,4)5)60-52(70)38-14-20-56(21-15-38)33-42(34-56)64-24-18-40(19-25-64)63-22-16-41(17-23-63)65-26-28-66(29-27-65)47-32-46(61-62-51(47)58-7-2)44-10-8-9-11-49(44)69/h1,8-13,30,32,38,40-43,48,50,68-69H,7,14-29,31,33-36H2,2-5H3,(H,58,62)(H,59,71)(H,60,70)/t38-,42-,43-,48+,50-,56?/m1/s1. The van der Waals surface area contributed by atoms with Crippen molar-refractivity contribution in [3.8, 4) is 29.4 Å². The highest BCUT2D eigenvalue weighted by molar-refractivity contribution is 5.93. The fraction of sp³-hybridized carbons (Fsp3) is 0.625. The monoisotopic (exact) mass is 989 g/mol. The number of carbonyl (C=O) groups excluding carboxylic acids is 3. The smallest absolute Gasteiger partial charge is 0.246 e. The molecule has 1 spiro atoms. The highest BCUT2D eigenvalue weighted by Gasteiger charge is 2.50. The van der Waals surface area contributed by atoms with Crippen LogP contribution in [0.25, 0.3) is 11.3 Å². The third-order valence-electron chi connectivity index (χ3n) is 17.2. The molecule has 3 amide bonds. The van der Waals surface area contributed by atoms with Crippen LogP contribution in [0.5, 0.6) is 5.75 Å². The molecule has 15 nitrogen and oxygen atoms in total. The third kappa shape index (κ3) is 11.4. The van der Waals surface area contributed by atoms with Crippen LogP contribution in [0, 0.1) is 34.9 Å². The molecule has 6 aliphatic rings. The molecule has 2 aromatic carbocycles. The molecule has 388 valence electrons. The zero-order valence-electron chi connectivity index (χ0n) is 42.9. The number of hydrogen-bond donors (Lipinski definition) is 5. The number of aromatic hydroxyl groups is 1. The van der Waals surface area contributed by atoms with E-state index in [1.165, 1.54) is 55.6 Å². The number of aliphatic hydroxyl groups excluding tert-OH is 1. The fourth-order valence-electron chi connectivity index (χ4n) is 12.9. The maximum atomic E-state index is 14.6. The number of halogens is 1. The van der Waals surface area contributed by atoms with Crippen molar-refractivity contribution >= 4 is 29.2 Å². The Kier molecular flexibility index (Phi) is 15.8. The molecule has 72 heavy (non-hydrogen) atoms. The number of aliphatic hydroxyl groups is 1. The molecule has 4 saturated heterocycles. The molecule has 0 bridgehead atoms. The summed E-state index contributed by atoms with van der Waals surface area (Å²) >= 11 is 0. The first-order valence-electron chi connectivity index (χ1n) is 26.8. The molecule has 9 rings (SSSR count). The number of likely N-dealkylation sites (tertiary alicyclic amines) is 3. The second kappa shape index (κ2) is 22.0. The van der Waals surface area contributed by atoms with Gasteiger partial charge in [0.2, 0.25) is 17.7 Å². The number of piperazine rings is 1. The van der Waals surface area contributed by atoms with E-state index in [0.717, 1.165) is 96.1 Å². The molecule has 16 heteroatoms. The number of phenolic OH excluding ortho intramolecular Hbond substituents is 1. The van der Waals surface area contributed by atoms with Crippen molar-refractivity contribution in [2.45, 2.75) is 141 Å². The Bertz CT molecular complexity index is 2440. The minimum absolute atomic E-state index is 0.0229. The highest BCUT2D eigenvalue weighted by atomic mass is 19.1. The summed E-state index contributed by atoms with van der Waals surface area (Å²) < 4.78 is 14.6. The van der Waals surface area contributed by atoms with Gasteiger partial charge in [-0.3, -0.25) is 19.3 Å². The number of terminal acetylenes is 1. The molecular weight excluding hydrogens is 912 g/mol. The van der Waals surface area contributed by atoms with E-state index >= 15 is 0 Å². The minimum atomic E-state index is -0.949. The van der Waals surface area contributed by atoms with Gasteiger partial charge in [0, 0.05) is 93.0 Å². The lowest BCUT2D eigenvalue weighted by Crippen LogP contribution is -2.59. The molecule has 5 heterocycles. The zero-order chi connectivity index (χ0) is 50.7. The third-order valence-corrected chi connectivity index (χ3v) is 17.2. The maximum Gasteiger partial charge on any atom is 0.246 e. The summed E-state index contributed by atoms with van der Waals surface area (Å²) in [5, 5.41) is 39.4. The Morgan fingerprint density at radius 3 is 2.10 bits per heavy atom. The number of para-hydroxylation sites is 1. The van der Waals surface area contributed by atoms with E-state index in [9.17, 15) is 29.0 Å².